The molecule has 0 aliphatic carbocycles. The molecule has 2 saturated heterocycles. The van der Waals surface area contributed by atoms with Crippen molar-refractivity contribution in [3.05, 3.63) is 0 Å². The summed E-state index contributed by atoms with van der Waals surface area (Å²) >= 11 is 0. The number of nitrogens with zero attached hydrogens (tertiary/aromatic N) is 1. The van der Waals surface area contributed by atoms with Crippen LogP contribution in [0.4, 0.5) is 0 Å². The SMILES string of the molecule is O=C(CC1CCOCC1)NCCCN1CCNCC1. The standard InChI is InChI=1S/C14H27N3O2/c18-14(12-13-2-10-19-11-3-13)16-4-1-7-17-8-5-15-6-9-17/h13,15H,1-12H2,(H,16,18). The summed E-state index contributed by atoms with van der Waals surface area (Å²) in [5.74, 6) is 0.745. The van der Waals surface area contributed by atoms with Crippen molar-refractivity contribution in [3.63, 3.8) is 0 Å². The lowest BCUT2D eigenvalue weighted by molar-refractivity contribution is -0.122. The molecular formula is C14H27N3O2. The number of hydrogen-bond acceptors (Lipinski definition) is 4. The summed E-state index contributed by atoms with van der Waals surface area (Å²) in [5.41, 5.74) is 0. The van der Waals surface area contributed by atoms with Gasteiger partial charge in [-0.3, -0.25) is 4.79 Å². The van der Waals surface area contributed by atoms with Gasteiger partial charge in [0.2, 0.25) is 5.91 Å². The summed E-state index contributed by atoms with van der Waals surface area (Å²) in [6, 6.07) is 0. The Labute approximate surface area is 116 Å². The Balaban J connectivity index is 1.48. The maximum atomic E-state index is 11.8. The topological polar surface area (TPSA) is 53.6 Å². The first kappa shape index (κ1) is 14.8. The van der Waals surface area contributed by atoms with Gasteiger partial charge < -0.3 is 20.3 Å². The molecule has 2 aliphatic heterocycles. The van der Waals surface area contributed by atoms with E-state index in [0.717, 1.165) is 71.7 Å². The normalized spacial score (nSPS) is 22.3. The number of carbonyl (C=O) groups excluding carboxylic acids is 1. The first-order valence-corrected chi connectivity index (χ1v) is 7.62. The van der Waals surface area contributed by atoms with E-state index in [-0.39, 0.29) is 5.91 Å². The Hall–Kier alpha value is -0.650. The van der Waals surface area contributed by atoms with Gasteiger partial charge in [-0.15, -0.1) is 0 Å². The van der Waals surface area contributed by atoms with E-state index in [4.69, 9.17) is 4.74 Å². The Kier molecular flexibility index (Phi) is 6.61. The van der Waals surface area contributed by atoms with E-state index in [9.17, 15) is 4.79 Å². The average Bonchev–Trinajstić information content (AvgIpc) is 2.46. The van der Waals surface area contributed by atoms with Gasteiger partial charge in [-0.25, -0.2) is 0 Å². The van der Waals surface area contributed by atoms with Crippen LogP contribution in [-0.4, -0.2) is 63.3 Å². The highest BCUT2D eigenvalue weighted by atomic mass is 16.5. The molecule has 2 heterocycles. The molecule has 5 heteroatoms. The summed E-state index contributed by atoms with van der Waals surface area (Å²) < 4.78 is 5.30. The van der Waals surface area contributed by atoms with E-state index in [1.165, 1.54) is 0 Å². The second kappa shape index (κ2) is 8.51. The van der Waals surface area contributed by atoms with E-state index < -0.39 is 0 Å². The maximum absolute atomic E-state index is 11.8. The molecule has 0 aromatic carbocycles. The second-order valence-electron chi connectivity index (χ2n) is 5.56. The van der Waals surface area contributed by atoms with Crippen molar-refractivity contribution in [2.75, 3.05) is 52.5 Å². The van der Waals surface area contributed by atoms with E-state index in [1.807, 2.05) is 0 Å². The fourth-order valence-electron chi connectivity index (χ4n) is 2.75. The van der Waals surface area contributed by atoms with E-state index in [0.29, 0.717) is 12.3 Å². The van der Waals surface area contributed by atoms with Crippen molar-refractivity contribution in [3.8, 4) is 0 Å². The van der Waals surface area contributed by atoms with Crippen molar-refractivity contribution in [2.24, 2.45) is 5.92 Å². The lowest BCUT2D eigenvalue weighted by atomic mass is 9.96. The van der Waals surface area contributed by atoms with Gasteiger partial charge in [-0.2, -0.15) is 0 Å². The van der Waals surface area contributed by atoms with Crippen molar-refractivity contribution >= 4 is 5.91 Å². The molecule has 0 bridgehead atoms. The van der Waals surface area contributed by atoms with Gasteiger partial charge >= 0.3 is 0 Å². The molecule has 2 N–H and O–H groups in total. The molecule has 0 aromatic heterocycles. The molecule has 110 valence electrons. The van der Waals surface area contributed by atoms with Crippen LogP contribution in [0.1, 0.15) is 25.7 Å². The van der Waals surface area contributed by atoms with Gasteiger partial charge in [0.15, 0.2) is 0 Å². The smallest absolute Gasteiger partial charge is 0.220 e. The number of carbonyl (C=O) groups is 1. The minimum absolute atomic E-state index is 0.215. The van der Waals surface area contributed by atoms with Crippen LogP contribution in [0.25, 0.3) is 0 Å². The zero-order valence-electron chi connectivity index (χ0n) is 11.8. The summed E-state index contributed by atoms with van der Waals surface area (Å²) in [4.78, 5) is 14.2. The third-order valence-electron chi connectivity index (χ3n) is 4.00. The average molecular weight is 269 g/mol. The van der Waals surface area contributed by atoms with Gasteiger partial charge in [0, 0.05) is 52.4 Å². The van der Waals surface area contributed by atoms with Gasteiger partial charge in [0.25, 0.3) is 0 Å². The highest BCUT2D eigenvalue weighted by Crippen LogP contribution is 2.17. The number of hydrogen-bond donors (Lipinski definition) is 2. The molecule has 0 radical (unpaired) electrons. The fourth-order valence-corrected chi connectivity index (χ4v) is 2.75. The molecular weight excluding hydrogens is 242 g/mol. The predicted octanol–water partition coefficient (Wildman–Crippen LogP) is 0.215. The number of amides is 1. The molecule has 1 amide bonds. The van der Waals surface area contributed by atoms with E-state index in [1.54, 1.807) is 0 Å². The third-order valence-corrected chi connectivity index (χ3v) is 4.00. The van der Waals surface area contributed by atoms with Crippen LogP contribution in [0.15, 0.2) is 0 Å². The van der Waals surface area contributed by atoms with Crippen LogP contribution in [0, 0.1) is 5.92 Å². The van der Waals surface area contributed by atoms with Crippen LogP contribution in [0.5, 0.6) is 0 Å². The van der Waals surface area contributed by atoms with Gasteiger partial charge in [0.1, 0.15) is 0 Å². The fraction of sp³-hybridized carbons (Fsp3) is 0.929. The minimum Gasteiger partial charge on any atom is -0.381 e. The zero-order valence-corrected chi connectivity index (χ0v) is 11.8. The highest BCUT2D eigenvalue weighted by molar-refractivity contribution is 5.76. The second-order valence-corrected chi connectivity index (χ2v) is 5.56. The molecule has 2 fully saturated rings. The molecule has 0 saturated carbocycles. The molecule has 2 rings (SSSR count). The molecule has 5 nitrogen and oxygen atoms in total. The van der Waals surface area contributed by atoms with Crippen molar-refractivity contribution in [1.29, 1.82) is 0 Å². The van der Waals surface area contributed by atoms with Gasteiger partial charge in [-0.05, 0) is 31.7 Å². The number of ether oxygens (including phenoxy) is 1. The lowest BCUT2D eigenvalue weighted by Crippen LogP contribution is -2.44. The van der Waals surface area contributed by atoms with Crippen molar-refractivity contribution in [1.82, 2.24) is 15.5 Å². The lowest BCUT2D eigenvalue weighted by Gasteiger charge is -2.27. The van der Waals surface area contributed by atoms with E-state index in [2.05, 4.69) is 15.5 Å². The number of nitrogens with one attached hydrogen (secondary N) is 2. The van der Waals surface area contributed by atoms with Gasteiger partial charge in [0.05, 0.1) is 0 Å². The monoisotopic (exact) mass is 269 g/mol. The van der Waals surface area contributed by atoms with Gasteiger partial charge in [-0.1, -0.05) is 0 Å². The molecule has 19 heavy (non-hydrogen) atoms. The van der Waals surface area contributed by atoms with Crippen LogP contribution in [0.2, 0.25) is 0 Å². The van der Waals surface area contributed by atoms with Crippen molar-refractivity contribution < 1.29 is 9.53 Å². The Morgan fingerprint density at radius 1 is 1.26 bits per heavy atom. The first-order valence-electron chi connectivity index (χ1n) is 7.62. The Bertz CT molecular complexity index is 261. The minimum atomic E-state index is 0.215. The van der Waals surface area contributed by atoms with Crippen LogP contribution >= 0.6 is 0 Å². The molecule has 0 atom stereocenters. The maximum Gasteiger partial charge on any atom is 0.220 e. The Morgan fingerprint density at radius 2 is 2.00 bits per heavy atom. The van der Waals surface area contributed by atoms with Crippen LogP contribution in [0.3, 0.4) is 0 Å². The Morgan fingerprint density at radius 3 is 2.74 bits per heavy atom. The van der Waals surface area contributed by atoms with Crippen LogP contribution < -0.4 is 10.6 Å². The molecule has 0 unspecified atom stereocenters. The van der Waals surface area contributed by atoms with E-state index >= 15 is 0 Å². The number of piperazine rings is 1. The molecule has 0 aromatic rings. The summed E-state index contributed by atoms with van der Waals surface area (Å²) in [5, 5.41) is 6.39. The predicted molar refractivity (Wildman–Crippen MR) is 75.1 cm³/mol. The summed E-state index contributed by atoms with van der Waals surface area (Å²) in [6.45, 7) is 8.01. The third kappa shape index (κ3) is 5.89. The first-order chi connectivity index (χ1) is 9.34. The largest absolute Gasteiger partial charge is 0.381 e. The summed E-state index contributed by atoms with van der Waals surface area (Å²) in [6.07, 6.45) is 3.80. The van der Waals surface area contributed by atoms with Crippen molar-refractivity contribution in [2.45, 2.75) is 25.7 Å². The quantitative estimate of drug-likeness (QED) is 0.677. The highest BCUT2D eigenvalue weighted by Gasteiger charge is 2.17. The molecule has 0 spiro atoms. The zero-order chi connectivity index (χ0) is 13.3. The van der Waals surface area contributed by atoms with Crippen LogP contribution in [-0.2, 0) is 9.53 Å². The molecule has 2 aliphatic rings. The summed E-state index contributed by atoms with van der Waals surface area (Å²) in [7, 11) is 0. The number of rotatable bonds is 6.